The van der Waals surface area contributed by atoms with E-state index in [0.717, 1.165) is 11.3 Å². The summed E-state index contributed by atoms with van der Waals surface area (Å²) < 4.78 is 4.73. The lowest BCUT2D eigenvalue weighted by Gasteiger charge is -2.00. The number of thiophene rings is 1. The minimum Gasteiger partial charge on any atom is -0.460 e. The first-order valence-electron chi connectivity index (χ1n) is 4.81. The standard InChI is InChI=1S/C10H8N2O4S/c1-2-16-10(15)7-11-8(14)6-5(3-13)4-17-9(6)12-7/h3-4H,2H2,1H3,(H,11,12,14). The Morgan fingerprint density at radius 3 is 3.06 bits per heavy atom. The molecule has 2 aromatic rings. The summed E-state index contributed by atoms with van der Waals surface area (Å²) in [4.78, 5) is 40.4. The summed E-state index contributed by atoms with van der Waals surface area (Å²) in [6.45, 7) is 1.86. The topological polar surface area (TPSA) is 89.1 Å². The smallest absolute Gasteiger partial charge is 0.374 e. The Kier molecular flexibility index (Phi) is 3.01. The number of nitrogens with zero attached hydrogens (tertiary/aromatic N) is 1. The van der Waals surface area contributed by atoms with Crippen LogP contribution in [0.5, 0.6) is 0 Å². The first-order chi connectivity index (χ1) is 8.17. The third-order valence-electron chi connectivity index (χ3n) is 2.07. The summed E-state index contributed by atoms with van der Waals surface area (Å²) in [6.07, 6.45) is 0.583. The largest absolute Gasteiger partial charge is 0.460 e. The van der Waals surface area contributed by atoms with Crippen LogP contribution >= 0.6 is 11.3 Å². The van der Waals surface area contributed by atoms with Crippen molar-refractivity contribution < 1.29 is 14.3 Å². The van der Waals surface area contributed by atoms with Gasteiger partial charge in [0.05, 0.1) is 12.0 Å². The van der Waals surface area contributed by atoms with Crippen molar-refractivity contribution in [1.29, 1.82) is 0 Å². The van der Waals surface area contributed by atoms with Crippen molar-refractivity contribution in [2.45, 2.75) is 6.92 Å². The average molecular weight is 252 g/mol. The van der Waals surface area contributed by atoms with Crippen molar-refractivity contribution in [3.8, 4) is 0 Å². The number of fused-ring (bicyclic) bond motifs is 1. The van der Waals surface area contributed by atoms with Gasteiger partial charge in [-0.3, -0.25) is 9.59 Å². The van der Waals surface area contributed by atoms with E-state index in [1.54, 1.807) is 6.92 Å². The molecule has 0 saturated heterocycles. The van der Waals surface area contributed by atoms with Crippen molar-refractivity contribution >= 4 is 33.8 Å². The minimum atomic E-state index is -0.687. The number of hydrogen-bond donors (Lipinski definition) is 1. The highest BCUT2D eigenvalue weighted by Crippen LogP contribution is 2.19. The molecule has 6 nitrogen and oxygen atoms in total. The van der Waals surface area contributed by atoms with Crippen LogP contribution in [0.2, 0.25) is 0 Å². The van der Waals surface area contributed by atoms with Gasteiger partial charge in [0.1, 0.15) is 4.83 Å². The highest BCUT2D eigenvalue weighted by molar-refractivity contribution is 7.17. The molecule has 0 amide bonds. The molecule has 7 heteroatoms. The second-order valence-electron chi connectivity index (χ2n) is 3.12. The van der Waals surface area contributed by atoms with Crippen molar-refractivity contribution in [1.82, 2.24) is 9.97 Å². The number of aldehydes is 1. The molecule has 0 atom stereocenters. The number of carbonyl (C=O) groups excluding carboxylic acids is 2. The molecule has 2 rings (SSSR count). The van der Waals surface area contributed by atoms with Crippen molar-refractivity contribution in [2.24, 2.45) is 0 Å². The van der Waals surface area contributed by atoms with Gasteiger partial charge >= 0.3 is 5.97 Å². The highest BCUT2D eigenvalue weighted by atomic mass is 32.1. The normalized spacial score (nSPS) is 10.4. The van der Waals surface area contributed by atoms with Gasteiger partial charge in [0.2, 0.25) is 5.82 Å². The van der Waals surface area contributed by atoms with E-state index in [4.69, 9.17) is 4.74 Å². The molecule has 0 bridgehead atoms. The minimum absolute atomic E-state index is 0.149. The molecule has 17 heavy (non-hydrogen) atoms. The van der Waals surface area contributed by atoms with Gasteiger partial charge in [-0.2, -0.15) is 0 Å². The van der Waals surface area contributed by atoms with Crippen LogP contribution in [-0.2, 0) is 4.74 Å². The van der Waals surface area contributed by atoms with Gasteiger partial charge in [0.15, 0.2) is 6.29 Å². The van der Waals surface area contributed by atoms with Crippen LogP contribution in [0.15, 0.2) is 10.2 Å². The predicted octanol–water partition coefficient (Wildman–Crippen LogP) is 0.974. The first kappa shape index (κ1) is 11.5. The summed E-state index contributed by atoms with van der Waals surface area (Å²) in [7, 11) is 0. The fourth-order valence-corrected chi connectivity index (χ4v) is 2.24. The quantitative estimate of drug-likeness (QED) is 0.649. The van der Waals surface area contributed by atoms with E-state index in [1.807, 2.05) is 0 Å². The Morgan fingerprint density at radius 2 is 2.41 bits per heavy atom. The Hall–Kier alpha value is -2.02. The van der Waals surface area contributed by atoms with E-state index in [9.17, 15) is 14.4 Å². The molecule has 0 unspecified atom stereocenters. The summed E-state index contributed by atoms with van der Waals surface area (Å²) in [5, 5.41) is 1.73. The number of ether oxygens (including phenoxy) is 1. The summed E-state index contributed by atoms with van der Waals surface area (Å²) in [6, 6.07) is 0. The lowest BCUT2D eigenvalue weighted by atomic mass is 10.2. The third kappa shape index (κ3) is 1.96. The molecular weight excluding hydrogens is 244 g/mol. The lowest BCUT2D eigenvalue weighted by Crippen LogP contribution is -2.17. The summed E-state index contributed by atoms with van der Waals surface area (Å²) in [5.41, 5.74) is -0.240. The maximum Gasteiger partial charge on any atom is 0.374 e. The van der Waals surface area contributed by atoms with E-state index in [-0.39, 0.29) is 23.4 Å². The van der Waals surface area contributed by atoms with E-state index in [1.165, 1.54) is 5.38 Å². The van der Waals surface area contributed by atoms with Crippen molar-refractivity contribution in [3.05, 3.63) is 27.1 Å². The maximum absolute atomic E-state index is 11.7. The molecular formula is C10H8N2O4S. The Labute approximate surface area is 99.3 Å². The number of nitrogens with one attached hydrogen (secondary N) is 1. The Bertz CT molecular complexity index is 643. The van der Waals surface area contributed by atoms with Gasteiger partial charge in [-0.25, -0.2) is 9.78 Å². The van der Waals surface area contributed by atoms with E-state index in [0.29, 0.717) is 11.1 Å². The third-order valence-corrected chi connectivity index (χ3v) is 2.96. The molecule has 0 saturated carbocycles. The van der Waals surface area contributed by atoms with Crippen LogP contribution < -0.4 is 5.56 Å². The van der Waals surface area contributed by atoms with Crippen LogP contribution in [0.25, 0.3) is 10.2 Å². The number of carbonyl (C=O) groups is 2. The monoisotopic (exact) mass is 252 g/mol. The zero-order valence-corrected chi connectivity index (χ0v) is 9.67. The molecule has 0 aliphatic heterocycles. The predicted molar refractivity (Wildman–Crippen MR) is 61.6 cm³/mol. The molecule has 0 aliphatic carbocycles. The number of H-pyrrole nitrogens is 1. The Balaban J connectivity index is 2.61. The summed E-state index contributed by atoms with van der Waals surface area (Å²) in [5.74, 6) is -0.837. The molecule has 88 valence electrons. The maximum atomic E-state index is 11.7. The lowest BCUT2D eigenvalue weighted by molar-refractivity contribution is 0.0512. The molecule has 0 fully saturated rings. The van der Waals surface area contributed by atoms with Gasteiger partial charge in [-0.05, 0) is 6.92 Å². The van der Waals surface area contributed by atoms with Gasteiger partial charge in [-0.15, -0.1) is 11.3 Å². The second-order valence-corrected chi connectivity index (χ2v) is 3.98. The molecule has 0 aromatic carbocycles. The SMILES string of the molecule is CCOC(=O)c1nc2scc(C=O)c2c(=O)[nH]1. The van der Waals surface area contributed by atoms with Crippen LogP contribution in [-0.4, -0.2) is 28.8 Å². The first-order valence-corrected chi connectivity index (χ1v) is 5.69. The highest BCUT2D eigenvalue weighted by Gasteiger charge is 2.15. The molecule has 0 aliphatic rings. The van der Waals surface area contributed by atoms with E-state index < -0.39 is 11.5 Å². The second kappa shape index (κ2) is 4.46. The average Bonchev–Trinajstić information content (AvgIpc) is 2.72. The van der Waals surface area contributed by atoms with Crippen molar-refractivity contribution in [3.63, 3.8) is 0 Å². The fraction of sp³-hybridized carbons (Fsp3) is 0.200. The van der Waals surface area contributed by atoms with Crippen LogP contribution in [0.1, 0.15) is 27.9 Å². The number of hydrogen-bond acceptors (Lipinski definition) is 6. The Morgan fingerprint density at radius 1 is 1.65 bits per heavy atom. The van der Waals surface area contributed by atoms with Crippen LogP contribution in [0.3, 0.4) is 0 Å². The van der Waals surface area contributed by atoms with Gasteiger partial charge in [0, 0.05) is 10.9 Å². The number of esters is 1. The van der Waals surface area contributed by atoms with Crippen LogP contribution in [0.4, 0.5) is 0 Å². The summed E-state index contributed by atoms with van der Waals surface area (Å²) >= 11 is 1.13. The molecule has 2 heterocycles. The van der Waals surface area contributed by atoms with E-state index >= 15 is 0 Å². The van der Waals surface area contributed by atoms with E-state index in [2.05, 4.69) is 9.97 Å². The zero-order chi connectivity index (χ0) is 12.4. The van der Waals surface area contributed by atoms with Crippen LogP contribution in [0, 0.1) is 0 Å². The number of rotatable bonds is 3. The number of aromatic amines is 1. The molecule has 0 radical (unpaired) electrons. The van der Waals surface area contributed by atoms with Gasteiger partial charge in [0.25, 0.3) is 5.56 Å². The van der Waals surface area contributed by atoms with Crippen molar-refractivity contribution in [2.75, 3.05) is 6.61 Å². The van der Waals surface area contributed by atoms with Gasteiger partial charge in [-0.1, -0.05) is 0 Å². The molecule has 1 N–H and O–H groups in total. The number of aromatic nitrogens is 2. The fourth-order valence-electron chi connectivity index (χ4n) is 1.35. The van der Waals surface area contributed by atoms with Gasteiger partial charge < -0.3 is 9.72 Å². The molecule has 0 spiro atoms. The molecule has 2 aromatic heterocycles. The zero-order valence-electron chi connectivity index (χ0n) is 8.85.